The Kier molecular flexibility index (Phi) is 6.94. The zero-order chi connectivity index (χ0) is 26.2. The van der Waals surface area contributed by atoms with Gasteiger partial charge in [0.25, 0.3) is 5.91 Å². The van der Waals surface area contributed by atoms with Crippen molar-refractivity contribution in [3.8, 4) is 0 Å². The standard InChI is InChI=1S/C27H37N7O3/c1-27(2,3)37-26(36)34-16-21(17-34)33-12-9-18-13-20(8-7-19(18)15-33)30-25-23(24(28)35)29-14-22(31-25)32-10-5-4-6-11-32/h7-8,13-14,21H,4-6,9-12,15-17H2,1-3H3,(H2,28,35)(H,30,31). The Hall–Kier alpha value is -3.40. The zero-order valence-corrected chi connectivity index (χ0v) is 22.0. The van der Waals surface area contributed by atoms with Gasteiger partial charge in [-0.1, -0.05) is 6.07 Å². The van der Waals surface area contributed by atoms with Crippen molar-refractivity contribution >= 4 is 29.3 Å². The predicted molar refractivity (Wildman–Crippen MR) is 142 cm³/mol. The van der Waals surface area contributed by atoms with Crippen LogP contribution in [0, 0.1) is 0 Å². The largest absolute Gasteiger partial charge is 0.444 e. The monoisotopic (exact) mass is 507 g/mol. The molecule has 0 bridgehead atoms. The number of rotatable bonds is 5. The number of nitrogens with zero attached hydrogens (tertiary/aromatic N) is 5. The summed E-state index contributed by atoms with van der Waals surface area (Å²) in [5, 5.41) is 3.30. The average Bonchev–Trinajstić information content (AvgIpc) is 2.82. The molecule has 10 nitrogen and oxygen atoms in total. The Balaban J connectivity index is 1.24. The Morgan fingerprint density at radius 1 is 1.08 bits per heavy atom. The first-order chi connectivity index (χ1) is 17.7. The lowest BCUT2D eigenvalue weighted by Gasteiger charge is -2.46. The summed E-state index contributed by atoms with van der Waals surface area (Å²) in [4.78, 5) is 39.8. The van der Waals surface area contributed by atoms with Gasteiger partial charge in [-0.15, -0.1) is 0 Å². The van der Waals surface area contributed by atoms with Crippen LogP contribution in [0.3, 0.4) is 0 Å². The quantitative estimate of drug-likeness (QED) is 0.633. The summed E-state index contributed by atoms with van der Waals surface area (Å²) in [6, 6.07) is 6.61. The molecule has 0 atom stereocenters. The van der Waals surface area contributed by atoms with E-state index in [1.807, 2.05) is 26.8 Å². The van der Waals surface area contributed by atoms with Crippen LogP contribution in [0.4, 0.5) is 22.1 Å². The number of anilines is 3. The maximum atomic E-state index is 12.3. The van der Waals surface area contributed by atoms with Gasteiger partial charge in [-0.05, 0) is 69.7 Å². The number of fused-ring (bicyclic) bond motifs is 1. The fourth-order valence-electron chi connectivity index (χ4n) is 5.19. The molecule has 0 radical (unpaired) electrons. The van der Waals surface area contributed by atoms with Gasteiger partial charge >= 0.3 is 6.09 Å². The van der Waals surface area contributed by atoms with Crippen LogP contribution >= 0.6 is 0 Å². The van der Waals surface area contributed by atoms with Crippen molar-refractivity contribution in [3.63, 3.8) is 0 Å². The maximum absolute atomic E-state index is 12.3. The molecule has 2 amide bonds. The van der Waals surface area contributed by atoms with Crippen molar-refractivity contribution in [1.82, 2.24) is 19.8 Å². The van der Waals surface area contributed by atoms with Gasteiger partial charge in [0.1, 0.15) is 11.4 Å². The van der Waals surface area contributed by atoms with Crippen molar-refractivity contribution < 1.29 is 14.3 Å². The van der Waals surface area contributed by atoms with Gasteiger partial charge in [0.15, 0.2) is 11.5 Å². The molecule has 198 valence electrons. The molecule has 3 aliphatic rings. The Morgan fingerprint density at radius 3 is 2.54 bits per heavy atom. The lowest BCUT2D eigenvalue weighted by atomic mass is 9.96. The molecule has 2 aromatic rings. The highest BCUT2D eigenvalue weighted by Crippen LogP contribution is 2.29. The third kappa shape index (κ3) is 5.79. The van der Waals surface area contributed by atoms with Crippen molar-refractivity contribution in [2.45, 2.75) is 64.6 Å². The van der Waals surface area contributed by atoms with Crippen LogP contribution < -0.4 is 16.0 Å². The summed E-state index contributed by atoms with van der Waals surface area (Å²) >= 11 is 0. The molecular weight excluding hydrogens is 470 g/mol. The second-order valence-electron chi connectivity index (χ2n) is 11.2. The van der Waals surface area contributed by atoms with Gasteiger partial charge in [0.2, 0.25) is 0 Å². The molecule has 0 saturated carbocycles. The maximum Gasteiger partial charge on any atom is 0.410 e. The molecule has 0 spiro atoms. The first kappa shape index (κ1) is 25.3. The van der Waals surface area contributed by atoms with E-state index >= 15 is 0 Å². The first-order valence-corrected chi connectivity index (χ1v) is 13.2. The average molecular weight is 508 g/mol. The third-order valence-corrected chi connectivity index (χ3v) is 7.21. The van der Waals surface area contributed by atoms with E-state index in [9.17, 15) is 9.59 Å². The van der Waals surface area contributed by atoms with Crippen LogP contribution in [0.1, 0.15) is 61.6 Å². The molecule has 5 rings (SSSR count). The summed E-state index contributed by atoms with van der Waals surface area (Å²) in [7, 11) is 0. The van der Waals surface area contributed by atoms with E-state index in [1.165, 1.54) is 17.5 Å². The highest BCUT2D eigenvalue weighted by Gasteiger charge is 2.38. The number of nitrogens with two attached hydrogens (primary N) is 1. The summed E-state index contributed by atoms with van der Waals surface area (Å²) in [6.45, 7) is 10.7. The molecule has 37 heavy (non-hydrogen) atoms. The third-order valence-electron chi connectivity index (χ3n) is 7.21. The van der Waals surface area contributed by atoms with Gasteiger partial charge < -0.3 is 25.6 Å². The summed E-state index contributed by atoms with van der Waals surface area (Å²) in [5.74, 6) is 0.557. The minimum Gasteiger partial charge on any atom is -0.444 e. The molecule has 3 N–H and O–H groups in total. The van der Waals surface area contributed by atoms with Crippen molar-refractivity contribution in [2.24, 2.45) is 5.73 Å². The van der Waals surface area contributed by atoms with Crippen LogP contribution in [-0.2, 0) is 17.7 Å². The molecule has 10 heteroatoms. The molecule has 0 aliphatic carbocycles. The van der Waals surface area contributed by atoms with E-state index in [0.29, 0.717) is 24.9 Å². The number of primary amides is 1. The van der Waals surface area contributed by atoms with Crippen LogP contribution in [0.5, 0.6) is 0 Å². The molecular formula is C27H37N7O3. The van der Waals surface area contributed by atoms with Gasteiger partial charge in [-0.25, -0.2) is 14.8 Å². The number of hydrogen-bond donors (Lipinski definition) is 2. The second-order valence-corrected chi connectivity index (χ2v) is 11.2. The van der Waals surface area contributed by atoms with Crippen LogP contribution in [0.25, 0.3) is 0 Å². The number of ether oxygens (including phenoxy) is 1. The number of carbonyl (C=O) groups is 2. The molecule has 4 heterocycles. The molecule has 1 aromatic carbocycles. The van der Waals surface area contributed by atoms with Gasteiger partial charge in [0.05, 0.1) is 6.20 Å². The Bertz CT molecular complexity index is 1170. The summed E-state index contributed by atoms with van der Waals surface area (Å²) in [5.41, 5.74) is 8.67. The van der Waals surface area contributed by atoms with E-state index in [4.69, 9.17) is 15.5 Å². The minimum atomic E-state index is -0.602. The van der Waals surface area contributed by atoms with Crippen molar-refractivity contribution in [1.29, 1.82) is 0 Å². The number of nitrogens with one attached hydrogen (secondary N) is 1. The van der Waals surface area contributed by atoms with E-state index in [0.717, 1.165) is 56.9 Å². The number of carbonyl (C=O) groups excluding carboxylic acids is 2. The summed E-state index contributed by atoms with van der Waals surface area (Å²) < 4.78 is 5.48. The summed E-state index contributed by atoms with van der Waals surface area (Å²) in [6.07, 6.45) is 5.80. The Labute approximate surface area is 218 Å². The number of likely N-dealkylation sites (tertiary alicyclic amines) is 1. The first-order valence-electron chi connectivity index (χ1n) is 13.2. The lowest BCUT2D eigenvalue weighted by Crippen LogP contribution is -2.62. The fraction of sp³-hybridized carbons (Fsp3) is 0.556. The topological polar surface area (TPSA) is 117 Å². The van der Waals surface area contributed by atoms with Crippen molar-refractivity contribution in [3.05, 3.63) is 41.2 Å². The number of hydrogen-bond acceptors (Lipinski definition) is 8. The van der Waals surface area contributed by atoms with E-state index < -0.39 is 11.5 Å². The highest BCUT2D eigenvalue weighted by atomic mass is 16.6. The number of amides is 2. The van der Waals surface area contributed by atoms with Crippen LogP contribution in [0.15, 0.2) is 24.4 Å². The molecule has 3 aliphatic heterocycles. The molecule has 2 fully saturated rings. The van der Waals surface area contributed by atoms with Crippen LogP contribution in [0.2, 0.25) is 0 Å². The zero-order valence-electron chi connectivity index (χ0n) is 22.0. The van der Waals surface area contributed by atoms with E-state index in [-0.39, 0.29) is 11.8 Å². The SMILES string of the molecule is CC(C)(C)OC(=O)N1CC(N2CCc3cc(Nc4nc(N5CCCCC5)cnc4C(N)=O)ccc3C2)C1. The Morgan fingerprint density at radius 2 is 1.84 bits per heavy atom. The van der Waals surface area contributed by atoms with Gasteiger partial charge in [-0.3, -0.25) is 9.69 Å². The van der Waals surface area contributed by atoms with E-state index in [1.54, 1.807) is 11.1 Å². The van der Waals surface area contributed by atoms with Crippen LogP contribution in [-0.4, -0.2) is 76.1 Å². The van der Waals surface area contributed by atoms with Gasteiger partial charge in [0, 0.05) is 51.0 Å². The predicted octanol–water partition coefficient (Wildman–Crippen LogP) is 3.29. The lowest BCUT2D eigenvalue weighted by molar-refractivity contribution is -0.0180. The minimum absolute atomic E-state index is 0.143. The van der Waals surface area contributed by atoms with E-state index in [2.05, 4.69) is 32.2 Å². The molecule has 0 unspecified atom stereocenters. The highest BCUT2D eigenvalue weighted by molar-refractivity contribution is 5.96. The second kappa shape index (κ2) is 10.2. The number of piperidine rings is 1. The van der Waals surface area contributed by atoms with Crippen molar-refractivity contribution in [2.75, 3.05) is 42.9 Å². The molecule has 2 saturated heterocycles. The normalized spacial score (nSPS) is 18.7. The van der Waals surface area contributed by atoms with Gasteiger partial charge in [-0.2, -0.15) is 0 Å². The fourth-order valence-corrected chi connectivity index (χ4v) is 5.19. The number of benzene rings is 1. The smallest absolute Gasteiger partial charge is 0.410 e. The molecule has 1 aromatic heterocycles. The number of aromatic nitrogens is 2.